The Morgan fingerprint density at radius 1 is 1.17 bits per heavy atom. The van der Waals surface area contributed by atoms with Crippen LogP contribution in [0.15, 0.2) is 30.3 Å². The minimum atomic E-state index is -0.430. The minimum absolute atomic E-state index is 0.0109. The van der Waals surface area contributed by atoms with Crippen molar-refractivity contribution >= 4 is 11.8 Å². The van der Waals surface area contributed by atoms with Crippen molar-refractivity contribution in [2.45, 2.75) is 38.8 Å². The molecule has 1 aromatic carbocycles. The first-order chi connectivity index (χ1) is 11.1. The van der Waals surface area contributed by atoms with Gasteiger partial charge in [0.15, 0.2) is 0 Å². The molecule has 126 valence electrons. The van der Waals surface area contributed by atoms with E-state index in [-0.39, 0.29) is 18.4 Å². The van der Waals surface area contributed by atoms with E-state index in [0.29, 0.717) is 19.1 Å². The van der Waals surface area contributed by atoms with Gasteiger partial charge >= 0.3 is 0 Å². The maximum absolute atomic E-state index is 12.9. The number of likely N-dealkylation sites (N-methyl/N-ethyl adjacent to an activating group) is 2. The van der Waals surface area contributed by atoms with Gasteiger partial charge in [0.1, 0.15) is 6.04 Å². The van der Waals surface area contributed by atoms with E-state index in [0.717, 1.165) is 18.4 Å². The molecule has 2 rings (SSSR count). The van der Waals surface area contributed by atoms with Gasteiger partial charge < -0.3 is 10.2 Å². The molecule has 0 saturated heterocycles. The van der Waals surface area contributed by atoms with Crippen molar-refractivity contribution in [2.24, 2.45) is 0 Å². The molecule has 23 heavy (non-hydrogen) atoms. The van der Waals surface area contributed by atoms with Gasteiger partial charge in [-0.25, -0.2) is 0 Å². The third-order valence-electron chi connectivity index (χ3n) is 4.20. The van der Waals surface area contributed by atoms with Crippen LogP contribution < -0.4 is 5.32 Å². The molecule has 1 atom stereocenters. The molecule has 1 aliphatic rings. The van der Waals surface area contributed by atoms with E-state index >= 15 is 0 Å². The van der Waals surface area contributed by atoms with Crippen molar-refractivity contribution in [3.63, 3.8) is 0 Å². The summed E-state index contributed by atoms with van der Waals surface area (Å²) in [6.45, 7) is 5.51. The van der Waals surface area contributed by atoms with E-state index in [4.69, 9.17) is 0 Å². The Balaban J connectivity index is 2.14. The summed E-state index contributed by atoms with van der Waals surface area (Å²) < 4.78 is 0. The third-order valence-corrected chi connectivity index (χ3v) is 4.20. The molecule has 0 heterocycles. The molecule has 0 unspecified atom stereocenters. The van der Waals surface area contributed by atoms with Crippen LogP contribution in [0.2, 0.25) is 0 Å². The third kappa shape index (κ3) is 4.79. The summed E-state index contributed by atoms with van der Waals surface area (Å²) in [6, 6.07) is 9.59. The summed E-state index contributed by atoms with van der Waals surface area (Å²) in [6.07, 6.45) is 2.13. The van der Waals surface area contributed by atoms with Crippen LogP contribution in [-0.2, 0) is 9.59 Å². The summed E-state index contributed by atoms with van der Waals surface area (Å²) in [5, 5.41) is 2.98. The molecule has 0 bridgehead atoms. The van der Waals surface area contributed by atoms with Crippen LogP contribution in [0.5, 0.6) is 0 Å². The second kappa shape index (κ2) is 8.11. The highest BCUT2D eigenvalue weighted by molar-refractivity contribution is 5.85. The van der Waals surface area contributed by atoms with E-state index in [9.17, 15) is 9.59 Å². The lowest BCUT2D eigenvalue weighted by atomic mass is 10.0. The molecule has 1 N–H and O–H groups in total. The van der Waals surface area contributed by atoms with Crippen LogP contribution >= 0.6 is 0 Å². The van der Waals surface area contributed by atoms with Crippen LogP contribution in [0, 0.1) is 0 Å². The van der Waals surface area contributed by atoms with Gasteiger partial charge in [-0.2, -0.15) is 0 Å². The zero-order valence-corrected chi connectivity index (χ0v) is 14.3. The van der Waals surface area contributed by atoms with Crippen molar-refractivity contribution in [2.75, 3.05) is 26.7 Å². The number of nitrogens with one attached hydrogen (secondary N) is 1. The fourth-order valence-electron chi connectivity index (χ4n) is 2.75. The van der Waals surface area contributed by atoms with E-state index < -0.39 is 6.04 Å². The molecule has 0 radical (unpaired) electrons. The zero-order chi connectivity index (χ0) is 16.8. The van der Waals surface area contributed by atoms with E-state index in [2.05, 4.69) is 5.32 Å². The van der Waals surface area contributed by atoms with Gasteiger partial charge in [-0.05, 0) is 39.3 Å². The monoisotopic (exact) mass is 317 g/mol. The standard InChI is InChI=1S/C18H27N3O2/c1-4-21(5-2)18(23)17(14-9-7-6-8-10-14)20(3)13-16(22)19-15-11-12-15/h6-10,15,17H,4-5,11-13H2,1-3H3,(H,19,22)/t17-/m0/s1. The summed E-state index contributed by atoms with van der Waals surface area (Å²) in [5.74, 6) is 0.0335. The van der Waals surface area contributed by atoms with Crippen LogP contribution in [0.4, 0.5) is 0 Å². The average Bonchev–Trinajstić information content (AvgIpc) is 3.33. The van der Waals surface area contributed by atoms with Crippen LogP contribution in [0.3, 0.4) is 0 Å². The largest absolute Gasteiger partial charge is 0.352 e. The summed E-state index contributed by atoms with van der Waals surface area (Å²) in [7, 11) is 1.84. The van der Waals surface area contributed by atoms with Gasteiger partial charge in [-0.1, -0.05) is 30.3 Å². The van der Waals surface area contributed by atoms with Crippen LogP contribution in [0.1, 0.15) is 38.3 Å². The number of carbonyl (C=O) groups is 2. The highest BCUT2D eigenvalue weighted by atomic mass is 16.2. The van der Waals surface area contributed by atoms with Crippen molar-refractivity contribution in [3.05, 3.63) is 35.9 Å². The molecule has 1 fully saturated rings. The number of amides is 2. The van der Waals surface area contributed by atoms with E-state index in [1.54, 1.807) is 0 Å². The lowest BCUT2D eigenvalue weighted by Gasteiger charge is -2.31. The van der Waals surface area contributed by atoms with Crippen molar-refractivity contribution in [3.8, 4) is 0 Å². The lowest BCUT2D eigenvalue weighted by Crippen LogP contribution is -2.45. The number of hydrogen-bond acceptors (Lipinski definition) is 3. The number of benzene rings is 1. The number of carbonyl (C=O) groups excluding carboxylic acids is 2. The summed E-state index contributed by atoms with van der Waals surface area (Å²) in [5.41, 5.74) is 0.922. The van der Waals surface area contributed by atoms with Crippen molar-refractivity contribution in [1.82, 2.24) is 15.1 Å². The van der Waals surface area contributed by atoms with E-state index in [1.165, 1.54) is 0 Å². The minimum Gasteiger partial charge on any atom is -0.352 e. The smallest absolute Gasteiger partial charge is 0.244 e. The van der Waals surface area contributed by atoms with Gasteiger partial charge in [-0.3, -0.25) is 14.5 Å². The molecule has 1 aliphatic carbocycles. The highest BCUT2D eigenvalue weighted by Crippen LogP contribution is 2.23. The topological polar surface area (TPSA) is 52.7 Å². The highest BCUT2D eigenvalue weighted by Gasteiger charge is 2.30. The molecule has 1 saturated carbocycles. The average molecular weight is 317 g/mol. The van der Waals surface area contributed by atoms with Crippen molar-refractivity contribution in [1.29, 1.82) is 0 Å². The molecule has 1 aromatic rings. The second-order valence-electron chi connectivity index (χ2n) is 6.08. The normalized spacial score (nSPS) is 15.3. The maximum Gasteiger partial charge on any atom is 0.244 e. The second-order valence-corrected chi connectivity index (χ2v) is 6.08. The molecule has 5 heteroatoms. The Bertz CT molecular complexity index is 524. The summed E-state index contributed by atoms with van der Waals surface area (Å²) >= 11 is 0. The van der Waals surface area contributed by atoms with Gasteiger partial charge in [0.05, 0.1) is 6.54 Å². The molecule has 0 aliphatic heterocycles. The van der Waals surface area contributed by atoms with E-state index in [1.807, 2.05) is 61.0 Å². The molecule has 2 amide bonds. The lowest BCUT2D eigenvalue weighted by molar-refractivity contribution is -0.137. The van der Waals surface area contributed by atoms with Gasteiger partial charge in [0.2, 0.25) is 11.8 Å². The number of rotatable bonds is 8. The molecular weight excluding hydrogens is 290 g/mol. The predicted octanol–water partition coefficient (Wildman–Crippen LogP) is 1.81. The SMILES string of the molecule is CCN(CC)C(=O)[C@H](c1ccccc1)N(C)CC(=O)NC1CC1. The Morgan fingerprint density at radius 3 is 2.30 bits per heavy atom. The Morgan fingerprint density at radius 2 is 1.78 bits per heavy atom. The van der Waals surface area contributed by atoms with Crippen LogP contribution in [-0.4, -0.2) is 54.3 Å². The molecule has 5 nitrogen and oxygen atoms in total. The first-order valence-electron chi connectivity index (χ1n) is 8.40. The molecule has 0 spiro atoms. The summed E-state index contributed by atoms with van der Waals surface area (Å²) in [4.78, 5) is 28.7. The number of hydrogen-bond donors (Lipinski definition) is 1. The fourth-order valence-corrected chi connectivity index (χ4v) is 2.75. The fraction of sp³-hybridized carbons (Fsp3) is 0.556. The zero-order valence-electron chi connectivity index (χ0n) is 14.3. The van der Waals surface area contributed by atoms with Gasteiger partial charge in [-0.15, -0.1) is 0 Å². The predicted molar refractivity (Wildman–Crippen MR) is 90.9 cm³/mol. The number of nitrogens with zero attached hydrogens (tertiary/aromatic N) is 2. The Labute approximate surface area is 138 Å². The quantitative estimate of drug-likeness (QED) is 0.795. The van der Waals surface area contributed by atoms with Gasteiger partial charge in [0, 0.05) is 19.1 Å². The molecular formula is C18H27N3O2. The van der Waals surface area contributed by atoms with Gasteiger partial charge in [0.25, 0.3) is 0 Å². The maximum atomic E-state index is 12.9. The molecule has 0 aromatic heterocycles. The first-order valence-corrected chi connectivity index (χ1v) is 8.40. The Hall–Kier alpha value is -1.88. The Kier molecular flexibility index (Phi) is 6.16. The first kappa shape index (κ1) is 17.5. The van der Waals surface area contributed by atoms with Crippen LogP contribution in [0.25, 0.3) is 0 Å². The van der Waals surface area contributed by atoms with Crippen molar-refractivity contribution < 1.29 is 9.59 Å².